The molecule has 2 aromatic carbocycles. The average molecular weight is 586 g/mol. The zero-order valence-corrected chi connectivity index (χ0v) is 25.7. The van der Waals surface area contributed by atoms with Crippen molar-refractivity contribution in [2.75, 3.05) is 31.1 Å². The van der Waals surface area contributed by atoms with E-state index in [0.717, 1.165) is 68.2 Å². The number of amides is 1. The van der Waals surface area contributed by atoms with E-state index in [9.17, 15) is 9.00 Å². The molecule has 2 N–H and O–H groups in total. The van der Waals surface area contributed by atoms with Crippen LogP contribution in [0.25, 0.3) is 0 Å². The number of allylic oxidation sites excluding steroid dienone is 1. The summed E-state index contributed by atoms with van der Waals surface area (Å²) in [6, 6.07) is 11.8. The van der Waals surface area contributed by atoms with Crippen molar-refractivity contribution in [3.05, 3.63) is 64.7 Å². The summed E-state index contributed by atoms with van der Waals surface area (Å²) in [7, 11) is -1.61. The van der Waals surface area contributed by atoms with Gasteiger partial charge in [0.25, 0.3) is 0 Å². The number of aryl methyl sites for hydroxylation is 1. The first kappa shape index (κ1) is 30.6. The Bertz CT molecular complexity index is 1200. The highest BCUT2D eigenvalue weighted by atomic mass is 35.5. The Morgan fingerprint density at radius 3 is 2.75 bits per heavy atom. The SMILES string of the molecule is CCCc1cc(Cl)ccc1C1COc2ccc(S(=O)NC=O)cc2N(CCC(CC)C/C=C/CNC2(C)CC2)C1. The summed E-state index contributed by atoms with van der Waals surface area (Å²) in [4.78, 5) is 13.9. The van der Waals surface area contributed by atoms with Gasteiger partial charge in [-0.05, 0) is 86.4 Å². The van der Waals surface area contributed by atoms with Crippen LogP contribution in [-0.4, -0.2) is 42.4 Å². The molecule has 40 heavy (non-hydrogen) atoms. The first-order chi connectivity index (χ1) is 19.4. The van der Waals surface area contributed by atoms with E-state index < -0.39 is 11.0 Å². The normalized spacial score (nSPS) is 19.4. The minimum atomic E-state index is -1.61. The number of ether oxygens (including phenoxy) is 1. The number of hydrogen-bond donors (Lipinski definition) is 2. The molecule has 1 fully saturated rings. The maximum Gasteiger partial charge on any atom is 0.219 e. The molecule has 1 heterocycles. The molecule has 8 heteroatoms. The lowest BCUT2D eigenvalue weighted by molar-refractivity contribution is -0.108. The second-order valence-corrected chi connectivity index (χ2v) is 13.1. The molecule has 3 atom stereocenters. The number of nitrogens with one attached hydrogen (secondary N) is 2. The second kappa shape index (κ2) is 14.5. The number of hydrogen-bond acceptors (Lipinski definition) is 5. The van der Waals surface area contributed by atoms with Gasteiger partial charge in [-0.25, -0.2) is 4.21 Å². The predicted octanol–water partition coefficient (Wildman–Crippen LogP) is 6.55. The molecule has 0 radical (unpaired) electrons. The molecule has 2 aliphatic rings. The van der Waals surface area contributed by atoms with Gasteiger partial charge in [0, 0.05) is 36.1 Å². The van der Waals surface area contributed by atoms with E-state index in [0.29, 0.717) is 29.4 Å². The number of carbonyl (C=O) groups is 1. The molecular formula is C32H44ClN3O3S. The minimum absolute atomic E-state index is 0.170. The third-order valence-electron chi connectivity index (χ3n) is 8.25. The fourth-order valence-corrected chi connectivity index (χ4v) is 6.26. The van der Waals surface area contributed by atoms with Crippen LogP contribution in [0, 0.1) is 5.92 Å². The van der Waals surface area contributed by atoms with Crippen molar-refractivity contribution in [3.63, 3.8) is 0 Å². The second-order valence-electron chi connectivity index (χ2n) is 11.4. The molecule has 0 bridgehead atoms. The monoisotopic (exact) mass is 585 g/mol. The molecular weight excluding hydrogens is 542 g/mol. The van der Waals surface area contributed by atoms with Crippen LogP contribution in [0.4, 0.5) is 5.69 Å². The summed E-state index contributed by atoms with van der Waals surface area (Å²) in [5, 5.41) is 4.38. The van der Waals surface area contributed by atoms with Gasteiger partial charge in [-0.2, -0.15) is 0 Å². The van der Waals surface area contributed by atoms with Gasteiger partial charge in [-0.15, -0.1) is 0 Å². The van der Waals surface area contributed by atoms with Crippen molar-refractivity contribution < 1.29 is 13.7 Å². The highest BCUT2D eigenvalue weighted by Gasteiger charge is 2.35. The molecule has 2 aromatic rings. The van der Waals surface area contributed by atoms with Crippen molar-refractivity contribution >= 4 is 34.7 Å². The Hall–Kier alpha value is -2.35. The average Bonchev–Trinajstić information content (AvgIpc) is 3.71. The fraction of sp³-hybridized carbons (Fsp3) is 0.531. The Morgan fingerprint density at radius 2 is 2.02 bits per heavy atom. The van der Waals surface area contributed by atoms with Gasteiger partial charge in [-0.1, -0.05) is 56.5 Å². The van der Waals surface area contributed by atoms with Crippen LogP contribution in [-0.2, 0) is 22.2 Å². The molecule has 6 nitrogen and oxygen atoms in total. The Morgan fingerprint density at radius 1 is 1.20 bits per heavy atom. The van der Waals surface area contributed by atoms with E-state index in [1.807, 2.05) is 18.2 Å². The Kier molecular flexibility index (Phi) is 11.1. The third kappa shape index (κ3) is 8.34. The summed E-state index contributed by atoms with van der Waals surface area (Å²) in [6.45, 7) is 9.89. The molecule has 1 aliphatic carbocycles. The highest BCUT2D eigenvalue weighted by molar-refractivity contribution is 7.83. The quantitative estimate of drug-likeness (QED) is 0.183. The van der Waals surface area contributed by atoms with E-state index in [4.69, 9.17) is 16.3 Å². The van der Waals surface area contributed by atoms with Crippen LogP contribution < -0.4 is 19.7 Å². The lowest BCUT2D eigenvalue weighted by atomic mass is 9.91. The van der Waals surface area contributed by atoms with E-state index in [2.05, 4.69) is 60.0 Å². The van der Waals surface area contributed by atoms with Crippen LogP contribution in [0.3, 0.4) is 0 Å². The molecule has 1 saturated carbocycles. The van der Waals surface area contributed by atoms with Gasteiger partial charge in [0.05, 0.1) is 17.2 Å². The zero-order valence-electron chi connectivity index (χ0n) is 24.1. The molecule has 4 rings (SSSR count). The number of fused-ring (bicyclic) bond motifs is 1. The van der Waals surface area contributed by atoms with Crippen LogP contribution >= 0.6 is 11.6 Å². The molecule has 0 saturated heterocycles. The molecule has 218 valence electrons. The maximum absolute atomic E-state index is 12.6. The number of carbonyl (C=O) groups excluding carboxylic acids is 1. The highest BCUT2D eigenvalue weighted by Crippen LogP contribution is 2.38. The Balaban J connectivity index is 1.53. The summed E-state index contributed by atoms with van der Waals surface area (Å²) in [6.07, 6.45) is 12.8. The van der Waals surface area contributed by atoms with Crippen LogP contribution in [0.2, 0.25) is 5.02 Å². The van der Waals surface area contributed by atoms with Crippen LogP contribution in [0.1, 0.15) is 76.3 Å². The molecule has 1 amide bonds. The molecule has 0 aromatic heterocycles. The van der Waals surface area contributed by atoms with E-state index in [1.165, 1.54) is 24.0 Å². The molecule has 1 aliphatic heterocycles. The number of benzene rings is 2. The van der Waals surface area contributed by atoms with E-state index in [-0.39, 0.29) is 5.92 Å². The lowest BCUT2D eigenvalue weighted by Gasteiger charge is -2.29. The van der Waals surface area contributed by atoms with Crippen LogP contribution in [0.5, 0.6) is 5.75 Å². The first-order valence-corrected chi connectivity index (χ1v) is 16.2. The van der Waals surface area contributed by atoms with E-state index in [1.54, 1.807) is 6.07 Å². The van der Waals surface area contributed by atoms with Crippen molar-refractivity contribution in [1.82, 2.24) is 10.0 Å². The summed E-state index contributed by atoms with van der Waals surface area (Å²) in [5.41, 5.74) is 3.84. The van der Waals surface area contributed by atoms with Gasteiger partial charge in [0.15, 0.2) is 11.0 Å². The van der Waals surface area contributed by atoms with Crippen molar-refractivity contribution in [3.8, 4) is 5.75 Å². The molecule has 3 unspecified atom stereocenters. The summed E-state index contributed by atoms with van der Waals surface area (Å²) >= 11 is 6.37. The fourth-order valence-electron chi connectivity index (χ4n) is 5.43. The topological polar surface area (TPSA) is 70.7 Å². The van der Waals surface area contributed by atoms with Crippen molar-refractivity contribution in [2.45, 2.75) is 82.1 Å². The zero-order chi connectivity index (χ0) is 28.5. The Labute approximate surface area is 247 Å². The number of rotatable bonds is 15. The largest absolute Gasteiger partial charge is 0.491 e. The number of halogens is 1. The molecule has 0 spiro atoms. The van der Waals surface area contributed by atoms with Gasteiger partial charge in [-0.3, -0.25) is 9.52 Å². The predicted molar refractivity (Wildman–Crippen MR) is 166 cm³/mol. The van der Waals surface area contributed by atoms with Gasteiger partial charge >= 0.3 is 0 Å². The summed E-state index contributed by atoms with van der Waals surface area (Å²) < 4.78 is 21.3. The smallest absolute Gasteiger partial charge is 0.219 e. The first-order valence-electron chi connectivity index (χ1n) is 14.7. The summed E-state index contributed by atoms with van der Waals surface area (Å²) in [5.74, 6) is 1.52. The number of nitrogens with zero attached hydrogens (tertiary/aromatic N) is 1. The lowest BCUT2D eigenvalue weighted by Crippen LogP contribution is -2.31. The maximum atomic E-state index is 12.6. The van der Waals surface area contributed by atoms with E-state index >= 15 is 0 Å². The van der Waals surface area contributed by atoms with Crippen LogP contribution in [0.15, 0.2) is 53.4 Å². The van der Waals surface area contributed by atoms with Crippen molar-refractivity contribution in [2.24, 2.45) is 5.92 Å². The third-order valence-corrected chi connectivity index (χ3v) is 9.48. The number of anilines is 1. The van der Waals surface area contributed by atoms with Gasteiger partial charge in [0.1, 0.15) is 5.75 Å². The van der Waals surface area contributed by atoms with Crippen molar-refractivity contribution in [1.29, 1.82) is 0 Å². The van der Waals surface area contributed by atoms with Gasteiger partial charge < -0.3 is 15.0 Å². The standard InChI is InChI=1S/C32H44ClN3O3S/c1-4-8-25-19-27(33)10-12-29(25)26-21-36(18-14-24(5-2)9-6-7-17-34-32(3)15-16-32)30-20-28(40(38)35-23-37)11-13-31(30)39-22-26/h6-7,10-13,19-20,23-24,26,34H,4-5,8-9,14-18,21-22H2,1-3H3,(H,35,37)/b7-6+. The van der Waals surface area contributed by atoms with Gasteiger partial charge in [0.2, 0.25) is 6.41 Å². The minimum Gasteiger partial charge on any atom is -0.491 e.